The van der Waals surface area contributed by atoms with Gasteiger partial charge in [0.1, 0.15) is 11.5 Å². The third-order valence-corrected chi connectivity index (χ3v) is 3.15. The number of ketones is 1. The van der Waals surface area contributed by atoms with Crippen molar-refractivity contribution < 1.29 is 14.3 Å². The van der Waals surface area contributed by atoms with Crippen LogP contribution in [0.2, 0.25) is 0 Å². The van der Waals surface area contributed by atoms with E-state index in [9.17, 15) is 4.79 Å². The molecule has 5 heteroatoms. The normalized spacial score (nSPS) is 10.3. The molecule has 0 aliphatic carbocycles. The standard InChI is InChI=1S/C17H20N2O3/c1-3-21-15-9-11(5-7-13(15)18)17(20)12-6-8-14(19)16(10-12)22-4-2/h5-10H,3-4,18-19H2,1-2H3. The van der Waals surface area contributed by atoms with Crippen LogP contribution in [0.25, 0.3) is 0 Å². The van der Waals surface area contributed by atoms with E-state index in [0.29, 0.717) is 47.2 Å². The summed E-state index contributed by atoms with van der Waals surface area (Å²) in [6.45, 7) is 4.70. The maximum atomic E-state index is 12.6. The maximum Gasteiger partial charge on any atom is 0.193 e. The lowest BCUT2D eigenvalue weighted by molar-refractivity contribution is 0.103. The minimum Gasteiger partial charge on any atom is -0.492 e. The van der Waals surface area contributed by atoms with Gasteiger partial charge in [0, 0.05) is 11.1 Å². The molecular weight excluding hydrogens is 280 g/mol. The molecule has 2 aromatic carbocycles. The molecule has 2 rings (SSSR count). The Morgan fingerprint density at radius 2 is 1.27 bits per heavy atom. The van der Waals surface area contributed by atoms with E-state index >= 15 is 0 Å². The van der Waals surface area contributed by atoms with E-state index in [0.717, 1.165) is 0 Å². The number of carbonyl (C=O) groups excluding carboxylic acids is 1. The monoisotopic (exact) mass is 300 g/mol. The van der Waals surface area contributed by atoms with Gasteiger partial charge in [0.15, 0.2) is 5.78 Å². The molecule has 4 N–H and O–H groups in total. The highest BCUT2D eigenvalue weighted by molar-refractivity contribution is 6.09. The number of ether oxygens (including phenoxy) is 2. The van der Waals surface area contributed by atoms with Crippen molar-refractivity contribution >= 4 is 17.2 Å². The Morgan fingerprint density at radius 3 is 1.64 bits per heavy atom. The van der Waals surface area contributed by atoms with Crippen LogP contribution in [-0.4, -0.2) is 19.0 Å². The number of nitrogens with two attached hydrogens (primary N) is 2. The molecule has 0 heterocycles. The second-order valence-electron chi connectivity index (χ2n) is 4.70. The molecule has 0 atom stereocenters. The lowest BCUT2D eigenvalue weighted by Crippen LogP contribution is -2.05. The van der Waals surface area contributed by atoms with E-state index in [1.807, 2.05) is 13.8 Å². The first kappa shape index (κ1) is 15.7. The van der Waals surface area contributed by atoms with Crippen molar-refractivity contribution in [3.05, 3.63) is 47.5 Å². The molecule has 0 unspecified atom stereocenters. The Labute approximate surface area is 129 Å². The number of carbonyl (C=O) groups is 1. The molecule has 0 fully saturated rings. The first-order valence-corrected chi connectivity index (χ1v) is 7.16. The van der Waals surface area contributed by atoms with Crippen molar-refractivity contribution in [3.63, 3.8) is 0 Å². The van der Waals surface area contributed by atoms with Crippen LogP contribution in [0.5, 0.6) is 11.5 Å². The van der Waals surface area contributed by atoms with Crippen LogP contribution in [0.15, 0.2) is 36.4 Å². The van der Waals surface area contributed by atoms with Crippen LogP contribution in [-0.2, 0) is 0 Å². The molecule has 0 aromatic heterocycles. The summed E-state index contributed by atoms with van der Waals surface area (Å²) >= 11 is 0. The zero-order valence-electron chi connectivity index (χ0n) is 12.8. The molecule has 0 amide bonds. The van der Waals surface area contributed by atoms with Crippen molar-refractivity contribution in [3.8, 4) is 11.5 Å². The van der Waals surface area contributed by atoms with Crippen molar-refractivity contribution in [1.82, 2.24) is 0 Å². The Kier molecular flexibility index (Phi) is 4.88. The summed E-state index contributed by atoms with van der Waals surface area (Å²) in [6.07, 6.45) is 0. The molecular formula is C17H20N2O3. The molecule has 116 valence electrons. The average molecular weight is 300 g/mol. The van der Waals surface area contributed by atoms with Crippen LogP contribution in [0.1, 0.15) is 29.8 Å². The fraction of sp³-hybridized carbons (Fsp3) is 0.235. The van der Waals surface area contributed by atoms with Gasteiger partial charge in [-0.05, 0) is 50.2 Å². The van der Waals surface area contributed by atoms with Gasteiger partial charge in [-0.3, -0.25) is 4.79 Å². The van der Waals surface area contributed by atoms with Crippen molar-refractivity contribution in [2.24, 2.45) is 0 Å². The largest absolute Gasteiger partial charge is 0.492 e. The lowest BCUT2D eigenvalue weighted by Gasteiger charge is -2.11. The van der Waals surface area contributed by atoms with Crippen LogP contribution < -0.4 is 20.9 Å². The molecule has 0 bridgehead atoms. The lowest BCUT2D eigenvalue weighted by atomic mass is 10.0. The second-order valence-corrected chi connectivity index (χ2v) is 4.70. The zero-order chi connectivity index (χ0) is 16.1. The predicted molar refractivity (Wildman–Crippen MR) is 87.5 cm³/mol. The minimum absolute atomic E-state index is 0.137. The first-order chi connectivity index (χ1) is 10.6. The van der Waals surface area contributed by atoms with Gasteiger partial charge in [0.25, 0.3) is 0 Å². The number of hydrogen-bond acceptors (Lipinski definition) is 5. The van der Waals surface area contributed by atoms with Crippen molar-refractivity contribution in [2.45, 2.75) is 13.8 Å². The smallest absolute Gasteiger partial charge is 0.193 e. The van der Waals surface area contributed by atoms with Crippen LogP contribution in [0.3, 0.4) is 0 Å². The van der Waals surface area contributed by atoms with E-state index in [-0.39, 0.29) is 5.78 Å². The van der Waals surface area contributed by atoms with Crippen molar-refractivity contribution in [2.75, 3.05) is 24.7 Å². The third kappa shape index (κ3) is 3.31. The van der Waals surface area contributed by atoms with Gasteiger partial charge in [-0.15, -0.1) is 0 Å². The SMILES string of the molecule is CCOc1cc(C(=O)c2ccc(N)c(OCC)c2)ccc1N. The zero-order valence-corrected chi connectivity index (χ0v) is 12.8. The molecule has 0 spiro atoms. The van der Waals surface area contributed by atoms with Crippen LogP contribution in [0, 0.1) is 0 Å². The summed E-state index contributed by atoms with van der Waals surface area (Å²) in [5, 5.41) is 0. The van der Waals surface area contributed by atoms with E-state index in [1.54, 1.807) is 36.4 Å². The summed E-state index contributed by atoms with van der Waals surface area (Å²) < 4.78 is 10.8. The van der Waals surface area contributed by atoms with E-state index in [4.69, 9.17) is 20.9 Å². The minimum atomic E-state index is -0.137. The Balaban J connectivity index is 2.35. The summed E-state index contributed by atoms with van der Waals surface area (Å²) in [4.78, 5) is 12.6. The fourth-order valence-electron chi connectivity index (χ4n) is 2.08. The quantitative estimate of drug-likeness (QED) is 0.632. The summed E-state index contributed by atoms with van der Waals surface area (Å²) in [5.74, 6) is 0.879. The highest BCUT2D eigenvalue weighted by Gasteiger charge is 2.13. The van der Waals surface area contributed by atoms with Gasteiger partial charge in [-0.25, -0.2) is 0 Å². The second kappa shape index (κ2) is 6.85. The molecule has 0 saturated carbocycles. The summed E-state index contributed by atoms with van der Waals surface area (Å²) in [6, 6.07) is 9.99. The van der Waals surface area contributed by atoms with Crippen LogP contribution in [0.4, 0.5) is 11.4 Å². The predicted octanol–water partition coefficient (Wildman–Crippen LogP) is 2.88. The van der Waals surface area contributed by atoms with Crippen molar-refractivity contribution in [1.29, 1.82) is 0 Å². The topological polar surface area (TPSA) is 87.6 Å². The summed E-state index contributed by atoms with van der Waals surface area (Å²) in [5.41, 5.74) is 13.7. The Morgan fingerprint density at radius 1 is 0.864 bits per heavy atom. The Bertz CT molecular complexity index is 626. The number of anilines is 2. The highest BCUT2D eigenvalue weighted by atomic mass is 16.5. The number of nitrogen functional groups attached to an aromatic ring is 2. The molecule has 0 aliphatic heterocycles. The third-order valence-electron chi connectivity index (χ3n) is 3.15. The highest BCUT2D eigenvalue weighted by Crippen LogP contribution is 2.27. The molecule has 5 nitrogen and oxygen atoms in total. The fourth-order valence-corrected chi connectivity index (χ4v) is 2.08. The number of hydrogen-bond donors (Lipinski definition) is 2. The first-order valence-electron chi connectivity index (χ1n) is 7.16. The molecule has 0 saturated heterocycles. The van der Waals surface area contributed by atoms with E-state index in [2.05, 4.69) is 0 Å². The summed E-state index contributed by atoms with van der Waals surface area (Å²) in [7, 11) is 0. The van der Waals surface area contributed by atoms with Gasteiger partial charge < -0.3 is 20.9 Å². The van der Waals surface area contributed by atoms with Gasteiger partial charge in [-0.1, -0.05) is 0 Å². The number of rotatable bonds is 6. The van der Waals surface area contributed by atoms with E-state index in [1.165, 1.54) is 0 Å². The van der Waals surface area contributed by atoms with E-state index < -0.39 is 0 Å². The number of benzene rings is 2. The van der Waals surface area contributed by atoms with Crippen LogP contribution >= 0.6 is 0 Å². The van der Waals surface area contributed by atoms with Gasteiger partial charge >= 0.3 is 0 Å². The van der Waals surface area contributed by atoms with Gasteiger partial charge in [-0.2, -0.15) is 0 Å². The average Bonchev–Trinajstić information content (AvgIpc) is 2.51. The molecule has 22 heavy (non-hydrogen) atoms. The van der Waals surface area contributed by atoms with Gasteiger partial charge in [0.2, 0.25) is 0 Å². The molecule has 0 radical (unpaired) electrons. The molecule has 2 aromatic rings. The maximum absolute atomic E-state index is 12.6. The Hall–Kier alpha value is -2.69. The molecule has 0 aliphatic rings. The van der Waals surface area contributed by atoms with Gasteiger partial charge in [0.05, 0.1) is 24.6 Å².